The highest BCUT2D eigenvalue weighted by Gasteiger charge is 2.20. The van der Waals surface area contributed by atoms with Crippen molar-refractivity contribution in [2.45, 2.75) is 37.9 Å². The van der Waals surface area contributed by atoms with Gasteiger partial charge in [0.2, 0.25) is 5.91 Å². The number of nitrogens with one attached hydrogen (secondary N) is 1. The number of hydrogen-bond donors (Lipinski definition) is 1. The highest BCUT2D eigenvalue weighted by Crippen LogP contribution is 2.29. The van der Waals surface area contributed by atoms with Crippen LogP contribution >= 0.6 is 34.7 Å². The molecule has 0 atom stereocenters. The van der Waals surface area contributed by atoms with E-state index in [1.807, 2.05) is 13.0 Å². The van der Waals surface area contributed by atoms with Crippen molar-refractivity contribution in [3.63, 3.8) is 0 Å². The number of amides is 1. The van der Waals surface area contributed by atoms with Gasteiger partial charge in [0.05, 0.1) is 5.75 Å². The predicted octanol–water partition coefficient (Wildman–Crippen LogP) is 4.72. The number of thioether (sulfide) groups is 1. The van der Waals surface area contributed by atoms with Crippen LogP contribution in [0.3, 0.4) is 0 Å². The fourth-order valence-electron chi connectivity index (χ4n) is 3.54. The highest BCUT2D eigenvalue weighted by molar-refractivity contribution is 7.99. The van der Waals surface area contributed by atoms with Crippen LogP contribution in [0.5, 0.6) is 0 Å². The first-order chi connectivity index (χ1) is 15.5. The number of anilines is 2. The molecule has 0 saturated carbocycles. The standard InChI is InChI=1S/C22H24ClN5O2S2/c1-3-9-28-20(30)18-19(25-21(32-18)27-10-5-4-6-11-27)26-22(28)31-13-17(29)24-16-12-15(23)8-7-14(16)2/h3,7-8,12H,1,4-6,9-11,13H2,2H3,(H,24,29). The summed E-state index contributed by atoms with van der Waals surface area (Å²) >= 11 is 8.64. The summed E-state index contributed by atoms with van der Waals surface area (Å²) < 4.78 is 2.09. The number of allylic oxidation sites excluding steroid dienone is 1. The molecule has 1 fully saturated rings. The predicted molar refractivity (Wildman–Crippen MR) is 133 cm³/mol. The van der Waals surface area contributed by atoms with Gasteiger partial charge in [-0.25, -0.2) is 4.98 Å². The smallest absolute Gasteiger partial charge is 0.274 e. The van der Waals surface area contributed by atoms with E-state index in [0.29, 0.717) is 32.8 Å². The molecule has 1 amide bonds. The lowest BCUT2D eigenvalue weighted by molar-refractivity contribution is -0.113. The number of hydrogen-bond acceptors (Lipinski definition) is 7. The van der Waals surface area contributed by atoms with Crippen LogP contribution in [0, 0.1) is 6.92 Å². The summed E-state index contributed by atoms with van der Waals surface area (Å²) in [6, 6.07) is 5.35. The van der Waals surface area contributed by atoms with Crippen LogP contribution in [0.1, 0.15) is 24.8 Å². The van der Waals surface area contributed by atoms with Gasteiger partial charge in [0.25, 0.3) is 5.56 Å². The Balaban J connectivity index is 1.57. The molecule has 3 aromatic rings. The van der Waals surface area contributed by atoms with Gasteiger partial charge >= 0.3 is 0 Å². The summed E-state index contributed by atoms with van der Waals surface area (Å²) in [7, 11) is 0. The molecule has 168 valence electrons. The van der Waals surface area contributed by atoms with Crippen molar-refractivity contribution in [2.75, 3.05) is 29.1 Å². The van der Waals surface area contributed by atoms with Crippen molar-refractivity contribution in [1.29, 1.82) is 0 Å². The number of nitrogens with zero attached hydrogens (tertiary/aromatic N) is 4. The van der Waals surface area contributed by atoms with Crippen molar-refractivity contribution in [3.05, 3.63) is 51.8 Å². The highest BCUT2D eigenvalue weighted by atomic mass is 35.5. The summed E-state index contributed by atoms with van der Waals surface area (Å²) in [5.74, 6) is -0.100. The van der Waals surface area contributed by atoms with E-state index in [1.165, 1.54) is 29.5 Å². The Kier molecular flexibility index (Phi) is 7.17. The second-order valence-electron chi connectivity index (χ2n) is 7.59. The molecule has 4 rings (SSSR count). The van der Waals surface area contributed by atoms with Gasteiger partial charge in [-0.05, 0) is 43.9 Å². The number of carbonyl (C=O) groups is 1. The Morgan fingerprint density at radius 2 is 2.09 bits per heavy atom. The molecule has 1 aromatic carbocycles. The van der Waals surface area contributed by atoms with E-state index in [2.05, 4.69) is 26.8 Å². The van der Waals surface area contributed by atoms with Crippen molar-refractivity contribution < 1.29 is 4.79 Å². The number of carbonyl (C=O) groups excluding carboxylic acids is 1. The second kappa shape index (κ2) is 10.1. The molecule has 0 radical (unpaired) electrons. The molecule has 1 saturated heterocycles. The molecule has 7 nitrogen and oxygen atoms in total. The third-order valence-electron chi connectivity index (χ3n) is 5.21. The Labute approximate surface area is 199 Å². The number of aryl methyl sites for hydroxylation is 1. The van der Waals surface area contributed by atoms with Crippen LogP contribution < -0.4 is 15.8 Å². The van der Waals surface area contributed by atoms with E-state index in [1.54, 1.807) is 22.8 Å². The molecule has 10 heteroatoms. The maximum Gasteiger partial charge on any atom is 0.274 e. The Morgan fingerprint density at radius 3 is 2.84 bits per heavy atom. The lowest BCUT2D eigenvalue weighted by Gasteiger charge is -2.25. The van der Waals surface area contributed by atoms with Gasteiger partial charge in [-0.1, -0.05) is 46.8 Å². The van der Waals surface area contributed by atoms with E-state index in [9.17, 15) is 9.59 Å². The number of aromatic nitrogens is 3. The summed E-state index contributed by atoms with van der Waals surface area (Å²) in [6.07, 6.45) is 5.14. The van der Waals surface area contributed by atoms with Crippen molar-refractivity contribution in [2.24, 2.45) is 0 Å². The summed E-state index contributed by atoms with van der Waals surface area (Å²) in [4.78, 5) is 37.2. The van der Waals surface area contributed by atoms with Crippen LogP contribution in [0.25, 0.3) is 10.3 Å². The van der Waals surface area contributed by atoms with Crippen LogP contribution in [0.2, 0.25) is 5.02 Å². The van der Waals surface area contributed by atoms with E-state index in [4.69, 9.17) is 11.6 Å². The molecule has 0 aliphatic carbocycles. The monoisotopic (exact) mass is 489 g/mol. The number of fused-ring (bicyclic) bond motifs is 1. The van der Waals surface area contributed by atoms with Gasteiger partial charge in [0.1, 0.15) is 4.70 Å². The molecule has 3 heterocycles. The van der Waals surface area contributed by atoms with E-state index in [0.717, 1.165) is 36.6 Å². The minimum absolute atomic E-state index is 0.101. The number of thiazole rings is 1. The molecule has 0 bridgehead atoms. The zero-order chi connectivity index (χ0) is 22.7. The summed E-state index contributed by atoms with van der Waals surface area (Å²) in [5.41, 5.74) is 1.88. The van der Waals surface area contributed by atoms with Crippen LogP contribution in [0.4, 0.5) is 10.8 Å². The maximum atomic E-state index is 13.2. The lowest BCUT2D eigenvalue weighted by atomic mass is 10.1. The molecule has 1 N–H and O–H groups in total. The van der Waals surface area contributed by atoms with Gasteiger partial charge in [-0.3, -0.25) is 14.2 Å². The number of benzene rings is 1. The molecule has 0 unspecified atom stereocenters. The fourth-order valence-corrected chi connectivity index (χ4v) is 5.52. The van der Waals surface area contributed by atoms with Crippen molar-refractivity contribution in [1.82, 2.24) is 14.5 Å². The number of halogens is 1. The van der Waals surface area contributed by atoms with Gasteiger partial charge in [0, 0.05) is 30.3 Å². The average Bonchev–Trinajstić information content (AvgIpc) is 3.22. The van der Waals surface area contributed by atoms with Gasteiger partial charge in [-0.2, -0.15) is 4.98 Å². The largest absolute Gasteiger partial charge is 0.348 e. The van der Waals surface area contributed by atoms with E-state index in [-0.39, 0.29) is 17.2 Å². The first-order valence-electron chi connectivity index (χ1n) is 10.4. The number of piperidine rings is 1. The van der Waals surface area contributed by atoms with Crippen LogP contribution in [0.15, 0.2) is 40.8 Å². The Hall–Kier alpha value is -2.36. The van der Waals surface area contributed by atoms with Gasteiger partial charge in [0.15, 0.2) is 15.9 Å². The maximum absolute atomic E-state index is 13.2. The first kappa shape index (κ1) is 22.8. The average molecular weight is 490 g/mol. The van der Waals surface area contributed by atoms with Crippen LogP contribution in [-0.4, -0.2) is 39.3 Å². The third-order valence-corrected chi connectivity index (χ3v) is 7.52. The minimum atomic E-state index is -0.202. The zero-order valence-corrected chi connectivity index (χ0v) is 20.2. The van der Waals surface area contributed by atoms with Crippen LogP contribution in [-0.2, 0) is 11.3 Å². The normalized spacial score (nSPS) is 14.0. The SMILES string of the molecule is C=CCn1c(SCC(=O)Nc2cc(Cl)ccc2C)nc2nc(N3CCCCC3)sc2c1=O. The molecule has 1 aliphatic rings. The summed E-state index contributed by atoms with van der Waals surface area (Å²) in [5, 5.41) is 4.72. The lowest BCUT2D eigenvalue weighted by Crippen LogP contribution is -2.29. The Bertz CT molecular complexity index is 1220. The Morgan fingerprint density at radius 1 is 1.31 bits per heavy atom. The van der Waals surface area contributed by atoms with E-state index >= 15 is 0 Å². The zero-order valence-electron chi connectivity index (χ0n) is 17.8. The van der Waals surface area contributed by atoms with Gasteiger partial charge in [-0.15, -0.1) is 6.58 Å². The van der Waals surface area contributed by atoms with Crippen molar-refractivity contribution in [3.8, 4) is 0 Å². The van der Waals surface area contributed by atoms with E-state index < -0.39 is 0 Å². The summed E-state index contributed by atoms with van der Waals surface area (Å²) in [6.45, 7) is 7.87. The first-order valence-corrected chi connectivity index (χ1v) is 12.6. The fraction of sp³-hybridized carbons (Fsp3) is 0.364. The third kappa shape index (κ3) is 5.00. The quantitative estimate of drug-likeness (QED) is 0.294. The molecular weight excluding hydrogens is 466 g/mol. The molecule has 2 aromatic heterocycles. The molecule has 0 spiro atoms. The molecule has 1 aliphatic heterocycles. The molecular formula is C22H24ClN5O2S2. The molecule has 32 heavy (non-hydrogen) atoms. The van der Waals surface area contributed by atoms with Gasteiger partial charge < -0.3 is 10.2 Å². The number of rotatable bonds is 7. The second-order valence-corrected chi connectivity index (χ2v) is 9.95. The minimum Gasteiger partial charge on any atom is -0.348 e. The topological polar surface area (TPSA) is 80.1 Å². The van der Waals surface area contributed by atoms with Crippen molar-refractivity contribution >= 4 is 61.8 Å².